The number of rotatable bonds is 4. The highest BCUT2D eigenvalue weighted by Crippen LogP contribution is 2.30. The molecular formula is C28H23ClF6N2O2. The Hall–Kier alpha value is -3.79. The summed E-state index contributed by atoms with van der Waals surface area (Å²) in [6.07, 6.45) is 0. The van der Waals surface area contributed by atoms with Crippen molar-refractivity contribution < 1.29 is 26.3 Å². The van der Waals surface area contributed by atoms with Gasteiger partial charge < -0.3 is 9.13 Å². The molecular weight excluding hydrogens is 546 g/mol. The average Bonchev–Trinajstić information content (AvgIpc) is 2.84. The van der Waals surface area contributed by atoms with Gasteiger partial charge in [-0.3, -0.25) is 9.59 Å². The van der Waals surface area contributed by atoms with Gasteiger partial charge in [-0.2, -0.15) is 0 Å². The molecule has 0 fully saturated rings. The summed E-state index contributed by atoms with van der Waals surface area (Å²) >= 11 is 5.78. The van der Waals surface area contributed by atoms with Crippen LogP contribution in [0.25, 0.3) is 22.5 Å². The molecule has 0 aliphatic carbocycles. The first-order valence-electron chi connectivity index (χ1n) is 11.7. The molecule has 0 saturated heterocycles. The Morgan fingerprint density at radius 2 is 1.05 bits per heavy atom. The van der Waals surface area contributed by atoms with E-state index in [1.807, 2.05) is 0 Å². The van der Waals surface area contributed by atoms with Crippen LogP contribution in [0.1, 0.15) is 25.0 Å². The minimum atomic E-state index is -1.06. The summed E-state index contributed by atoms with van der Waals surface area (Å²) in [5.74, 6) is -6.16. The van der Waals surface area contributed by atoms with Crippen LogP contribution < -0.4 is 11.1 Å². The number of aromatic nitrogens is 2. The number of hydrogen-bond acceptors (Lipinski definition) is 2. The monoisotopic (exact) mass is 568 g/mol. The van der Waals surface area contributed by atoms with E-state index in [2.05, 4.69) is 0 Å². The highest BCUT2D eigenvalue weighted by atomic mass is 35.5. The standard InChI is InChI=1S/C14H11ClF3NO.C14H12F3NO/c1-3-19-13(7(2)4-9(15)14(19)20)12-10(17)5-8(16)6-11(12)18;1-3-18-12(19)5-4-8(2)14(18)13-10(16)6-9(15)7-11(13)17/h4-6H,3H2,1-2H3;4-7H,3H2,1-2H3. The molecule has 0 radical (unpaired) electrons. The van der Waals surface area contributed by atoms with Crippen LogP contribution in [0, 0.1) is 48.8 Å². The molecule has 0 N–H and O–H groups in total. The van der Waals surface area contributed by atoms with E-state index in [0.717, 1.165) is 4.57 Å². The Morgan fingerprint density at radius 1 is 0.641 bits per heavy atom. The molecule has 0 unspecified atom stereocenters. The average molecular weight is 569 g/mol. The summed E-state index contributed by atoms with van der Waals surface area (Å²) in [6.45, 7) is 7.03. The van der Waals surface area contributed by atoms with Crippen molar-refractivity contribution in [1.82, 2.24) is 9.13 Å². The second kappa shape index (κ2) is 11.9. The zero-order valence-electron chi connectivity index (χ0n) is 21.3. The third-order valence-electron chi connectivity index (χ3n) is 5.94. The molecule has 0 aliphatic rings. The Labute approximate surface area is 224 Å². The van der Waals surface area contributed by atoms with Crippen LogP contribution in [0.4, 0.5) is 26.3 Å². The van der Waals surface area contributed by atoms with E-state index >= 15 is 0 Å². The Kier molecular flexibility index (Phi) is 9.11. The SMILES string of the molecule is CCn1c(-c2c(F)cc(F)cc2F)c(C)cc(Cl)c1=O.CCn1c(-c2c(F)cc(F)cc2F)c(C)ccc1=O. The Bertz CT molecular complexity index is 1630. The van der Waals surface area contributed by atoms with E-state index in [4.69, 9.17) is 11.6 Å². The van der Waals surface area contributed by atoms with Crippen molar-refractivity contribution in [2.24, 2.45) is 0 Å². The Balaban J connectivity index is 0.000000216. The first-order chi connectivity index (χ1) is 18.3. The molecule has 11 heteroatoms. The fourth-order valence-corrected chi connectivity index (χ4v) is 4.53. The van der Waals surface area contributed by atoms with E-state index < -0.39 is 46.0 Å². The fraction of sp³-hybridized carbons (Fsp3) is 0.214. The maximum absolute atomic E-state index is 13.9. The highest BCUT2D eigenvalue weighted by molar-refractivity contribution is 6.30. The number of pyridine rings is 2. The quantitative estimate of drug-likeness (QED) is 0.245. The molecule has 0 bridgehead atoms. The maximum Gasteiger partial charge on any atom is 0.269 e. The van der Waals surface area contributed by atoms with Gasteiger partial charge in [-0.25, -0.2) is 26.3 Å². The van der Waals surface area contributed by atoms with Crippen molar-refractivity contribution in [3.05, 3.63) is 114 Å². The number of aryl methyl sites for hydroxylation is 2. The zero-order valence-corrected chi connectivity index (χ0v) is 22.1. The van der Waals surface area contributed by atoms with Crippen LogP contribution in [0.3, 0.4) is 0 Å². The smallest absolute Gasteiger partial charge is 0.269 e. The minimum Gasteiger partial charge on any atom is -0.308 e. The van der Waals surface area contributed by atoms with Crippen molar-refractivity contribution in [2.75, 3.05) is 0 Å². The molecule has 0 amide bonds. The summed E-state index contributed by atoms with van der Waals surface area (Å²) < 4.78 is 83.8. The second-order valence-electron chi connectivity index (χ2n) is 8.51. The van der Waals surface area contributed by atoms with Gasteiger partial charge in [0.2, 0.25) is 0 Å². The zero-order chi connectivity index (χ0) is 29.2. The third-order valence-corrected chi connectivity index (χ3v) is 6.21. The number of benzene rings is 2. The predicted molar refractivity (Wildman–Crippen MR) is 138 cm³/mol. The summed E-state index contributed by atoms with van der Waals surface area (Å²) in [5, 5.41) is -0.0315. The van der Waals surface area contributed by atoms with Crippen molar-refractivity contribution in [3.63, 3.8) is 0 Å². The molecule has 4 aromatic rings. The van der Waals surface area contributed by atoms with Gasteiger partial charge in [0, 0.05) is 43.4 Å². The minimum absolute atomic E-state index is 0.0315. The molecule has 0 aliphatic heterocycles. The van der Waals surface area contributed by atoms with E-state index in [1.165, 1.54) is 22.8 Å². The number of halogens is 7. The predicted octanol–water partition coefficient (Wildman–Crippen LogP) is 7.18. The summed E-state index contributed by atoms with van der Waals surface area (Å²) in [4.78, 5) is 23.7. The molecule has 2 aromatic heterocycles. The van der Waals surface area contributed by atoms with E-state index in [0.29, 0.717) is 35.4 Å². The van der Waals surface area contributed by atoms with Crippen LogP contribution in [-0.2, 0) is 13.1 Å². The van der Waals surface area contributed by atoms with Gasteiger partial charge in [0.1, 0.15) is 39.9 Å². The number of nitrogens with zero attached hydrogens (tertiary/aromatic N) is 2. The largest absolute Gasteiger partial charge is 0.308 e. The van der Waals surface area contributed by atoms with Crippen LogP contribution in [-0.4, -0.2) is 9.13 Å². The van der Waals surface area contributed by atoms with Gasteiger partial charge >= 0.3 is 0 Å². The molecule has 39 heavy (non-hydrogen) atoms. The van der Waals surface area contributed by atoms with Crippen molar-refractivity contribution in [3.8, 4) is 22.5 Å². The van der Waals surface area contributed by atoms with Gasteiger partial charge in [0.05, 0.1) is 22.5 Å². The van der Waals surface area contributed by atoms with Crippen LogP contribution in [0.2, 0.25) is 5.02 Å². The van der Waals surface area contributed by atoms with Gasteiger partial charge in [-0.05, 0) is 44.9 Å². The second-order valence-corrected chi connectivity index (χ2v) is 8.92. The summed E-state index contributed by atoms with van der Waals surface area (Å²) in [5.41, 5.74) is -0.518. The molecule has 2 aromatic carbocycles. The first kappa shape index (κ1) is 29.8. The van der Waals surface area contributed by atoms with E-state index in [1.54, 1.807) is 27.7 Å². The lowest BCUT2D eigenvalue weighted by atomic mass is 10.0. The van der Waals surface area contributed by atoms with Crippen LogP contribution in [0.5, 0.6) is 0 Å². The third kappa shape index (κ3) is 5.95. The summed E-state index contributed by atoms with van der Waals surface area (Å²) in [7, 11) is 0. The van der Waals surface area contributed by atoms with E-state index in [9.17, 15) is 35.9 Å². The van der Waals surface area contributed by atoms with Crippen molar-refractivity contribution in [1.29, 1.82) is 0 Å². The molecule has 206 valence electrons. The normalized spacial score (nSPS) is 10.8. The van der Waals surface area contributed by atoms with Gasteiger partial charge in [-0.15, -0.1) is 0 Å². The van der Waals surface area contributed by atoms with Crippen molar-refractivity contribution in [2.45, 2.75) is 40.8 Å². The van der Waals surface area contributed by atoms with Crippen LogP contribution in [0.15, 0.2) is 52.1 Å². The number of hydrogen-bond donors (Lipinski definition) is 0. The molecule has 2 heterocycles. The molecule has 4 rings (SSSR count). The van der Waals surface area contributed by atoms with Gasteiger partial charge in [0.25, 0.3) is 11.1 Å². The first-order valence-corrected chi connectivity index (χ1v) is 12.1. The fourth-order valence-electron chi connectivity index (χ4n) is 4.27. The molecule has 0 saturated carbocycles. The molecule has 0 spiro atoms. The van der Waals surface area contributed by atoms with Gasteiger partial charge in [0.15, 0.2) is 0 Å². The molecule has 0 atom stereocenters. The lowest BCUT2D eigenvalue weighted by molar-refractivity contribution is 0.543. The van der Waals surface area contributed by atoms with Gasteiger partial charge in [-0.1, -0.05) is 17.7 Å². The van der Waals surface area contributed by atoms with Crippen molar-refractivity contribution >= 4 is 11.6 Å². The van der Waals surface area contributed by atoms with E-state index in [-0.39, 0.29) is 40.6 Å². The maximum atomic E-state index is 13.9. The Morgan fingerprint density at radius 3 is 1.46 bits per heavy atom. The van der Waals surface area contributed by atoms with Crippen LogP contribution >= 0.6 is 11.6 Å². The topological polar surface area (TPSA) is 44.0 Å². The summed E-state index contributed by atoms with van der Waals surface area (Å²) in [6, 6.07) is 6.54. The lowest BCUT2D eigenvalue weighted by Gasteiger charge is -2.16. The highest BCUT2D eigenvalue weighted by Gasteiger charge is 2.21. The lowest BCUT2D eigenvalue weighted by Crippen LogP contribution is -2.23. The molecule has 4 nitrogen and oxygen atoms in total.